The molecule has 1 atom stereocenters. The van der Waals surface area contributed by atoms with E-state index in [2.05, 4.69) is 4.90 Å². The summed E-state index contributed by atoms with van der Waals surface area (Å²) in [7, 11) is 1.68. The number of hydrogen-bond donors (Lipinski definition) is 1. The molecular formula is C21H28FNO3. The van der Waals surface area contributed by atoms with E-state index >= 15 is 0 Å². The number of ether oxygens (including phenoxy) is 2. The molecule has 0 aliphatic carbocycles. The number of nitrogens with zero attached hydrogens (tertiary/aromatic N) is 1. The van der Waals surface area contributed by atoms with Crippen LogP contribution in [0.1, 0.15) is 17.5 Å². The minimum atomic E-state index is -0.613. The Bertz CT molecular complexity index is 648. The van der Waals surface area contributed by atoms with Gasteiger partial charge < -0.3 is 14.6 Å². The largest absolute Gasteiger partial charge is 0.491 e. The molecule has 0 aliphatic heterocycles. The van der Waals surface area contributed by atoms with Gasteiger partial charge in [-0.2, -0.15) is 0 Å². The number of rotatable bonds is 11. The summed E-state index contributed by atoms with van der Waals surface area (Å²) in [6.07, 6.45) is 0.251. The molecule has 2 rings (SSSR count). The highest BCUT2D eigenvalue weighted by Gasteiger charge is 2.14. The van der Waals surface area contributed by atoms with Crippen molar-refractivity contribution in [2.45, 2.75) is 26.0 Å². The molecule has 2 aromatic rings. The summed E-state index contributed by atoms with van der Waals surface area (Å²) in [5, 5.41) is 10.4. The zero-order chi connectivity index (χ0) is 18.8. The van der Waals surface area contributed by atoms with Gasteiger partial charge in [0.2, 0.25) is 0 Å². The highest BCUT2D eigenvalue weighted by Crippen LogP contribution is 2.16. The Labute approximate surface area is 155 Å². The first-order valence-corrected chi connectivity index (χ1v) is 8.90. The van der Waals surface area contributed by atoms with Crippen molar-refractivity contribution in [3.63, 3.8) is 0 Å². The molecule has 0 saturated carbocycles. The summed E-state index contributed by atoms with van der Waals surface area (Å²) >= 11 is 0. The maximum absolute atomic E-state index is 13.1. The molecule has 0 saturated heterocycles. The second kappa shape index (κ2) is 10.9. The van der Waals surface area contributed by atoms with Crippen LogP contribution in [0.4, 0.5) is 4.39 Å². The lowest BCUT2D eigenvalue weighted by Crippen LogP contribution is -2.36. The molecule has 0 bridgehead atoms. The lowest BCUT2D eigenvalue weighted by Gasteiger charge is -2.25. The van der Waals surface area contributed by atoms with Crippen molar-refractivity contribution in [2.24, 2.45) is 0 Å². The van der Waals surface area contributed by atoms with E-state index in [1.807, 2.05) is 31.2 Å². The van der Waals surface area contributed by atoms with E-state index < -0.39 is 6.10 Å². The average molecular weight is 361 g/mol. The number of hydrogen-bond acceptors (Lipinski definition) is 4. The first-order chi connectivity index (χ1) is 12.6. The van der Waals surface area contributed by atoms with Crippen molar-refractivity contribution in [2.75, 3.05) is 33.4 Å². The van der Waals surface area contributed by atoms with Gasteiger partial charge in [0.1, 0.15) is 24.3 Å². The van der Waals surface area contributed by atoms with Gasteiger partial charge in [0, 0.05) is 33.4 Å². The summed E-state index contributed by atoms with van der Waals surface area (Å²) in [6, 6.07) is 14.2. The van der Waals surface area contributed by atoms with Crippen LogP contribution in [0, 0.1) is 12.7 Å². The Balaban J connectivity index is 1.89. The fourth-order valence-electron chi connectivity index (χ4n) is 2.77. The zero-order valence-electron chi connectivity index (χ0n) is 15.5. The van der Waals surface area contributed by atoms with Crippen LogP contribution in [0.3, 0.4) is 0 Å². The minimum Gasteiger partial charge on any atom is -0.491 e. The molecule has 0 unspecified atom stereocenters. The van der Waals surface area contributed by atoms with E-state index in [1.54, 1.807) is 19.2 Å². The zero-order valence-corrected chi connectivity index (χ0v) is 15.5. The number of aliphatic hydroxyl groups excluding tert-OH is 1. The molecule has 0 heterocycles. The molecule has 0 spiro atoms. The molecule has 26 heavy (non-hydrogen) atoms. The summed E-state index contributed by atoms with van der Waals surface area (Å²) in [5.41, 5.74) is 2.05. The van der Waals surface area contributed by atoms with Gasteiger partial charge in [0.25, 0.3) is 0 Å². The number of aliphatic hydroxyl groups is 1. The number of para-hydroxylation sites is 1. The van der Waals surface area contributed by atoms with Crippen LogP contribution in [0.2, 0.25) is 0 Å². The van der Waals surface area contributed by atoms with Crippen molar-refractivity contribution < 1.29 is 19.0 Å². The second-order valence-corrected chi connectivity index (χ2v) is 6.44. The van der Waals surface area contributed by atoms with Crippen molar-refractivity contribution in [1.82, 2.24) is 4.90 Å². The van der Waals surface area contributed by atoms with Crippen LogP contribution in [0.25, 0.3) is 0 Å². The summed E-state index contributed by atoms with van der Waals surface area (Å²) in [5.74, 6) is 0.544. The second-order valence-electron chi connectivity index (χ2n) is 6.44. The van der Waals surface area contributed by atoms with E-state index in [1.165, 1.54) is 12.1 Å². The molecule has 0 amide bonds. The Hall–Kier alpha value is -1.95. The van der Waals surface area contributed by atoms with Crippen molar-refractivity contribution in [1.29, 1.82) is 0 Å². The first-order valence-electron chi connectivity index (χ1n) is 8.90. The third kappa shape index (κ3) is 7.12. The lowest BCUT2D eigenvalue weighted by molar-refractivity contribution is 0.0615. The molecule has 0 aromatic heterocycles. The monoisotopic (exact) mass is 361 g/mol. The van der Waals surface area contributed by atoms with Gasteiger partial charge in [-0.3, -0.25) is 4.90 Å². The van der Waals surface area contributed by atoms with Crippen LogP contribution in [-0.2, 0) is 11.3 Å². The van der Waals surface area contributed by atoms with Crippen LogP contribution < -0.4 is 4.74 Å². The highest BCUT2D eigenvalue weighted by atomic mass is 19.1. The molecule has 1 N–H and O–H groups in total. The van der Waals surface area contributed by atoms with Crippen LogP contribution >= 0.6 is 0 Å². The molecular weight excluding hydrogens is 333 g/mol. The smallest absolute Gasteiger partial charge is 0.123 e. The predicted octanol–water partition coefficient (Wildman–Crippen LogP) is 3.41. The van der Waals surface area contributed by atoms with Crippen molar-refractivity contribution >= 4 is 0 Å². The molecule has 0 aliphatic rings. The fourth-order valence-corrected chi connectivity index (χ4v) is 2.77. The maximum Gasteiger partial charge on any atom is 0.123 e. The van der Waals surface area contributed by atoms with Gasteiger partial charge in [0.05, 0.1) is 0 Å². The van der Waals surface area contributed by atoms with Crippen molar-refractivity contribution in [3.8, 4) is 5.75 Å². The van der Waals surface area contributed by atoms with Gasteiger partial charge >= 0.3 is 0 Å². The lowest BCUT2D eigenvalue weighted by atomic mass is 10.2. The van der Waals surface area contributed by atoms with E-state index in [0.29, 0.717) is 19.7 Å². The van der Waals surface area contributed by atoms with Crippen LogP contribution in [0.15, 0.2) is 48.5 Å². The molecule has 142 valence electrons. The van der Waals surface area contributed by atoms with Crippen LogP contribution in [-0.4, -0.2) is 49.5 Å². The van der Waals surface area contributed by atoms with Crippen molar-refractivity contribution in [3.05, 3.63) is 65.5 Å². The van der Waals surface area contributed by atoms with Gasteiger partial charge in [-0.05, 0) is 42.7 Å². The molecule has 0 fully saturated rings. The van der Waals surface area contributed by atoms with E-state index in [9.17, 15) is 9.50 Å². The molecule has 5 heteroatoms. The fraction of sp³-hybridized carbons (Fsp3) is 0.429. The Kier molecular flexibility index (Phi) is 8.54. The number of benzene rings is 2. The number of aryl methyl sites for hydroxylation is 1. The molecule has 2 aromatic carbocycles. The number of methoxy groups -OCH3 is 1. The quantitative estimate of drug-likeness (QED) is 0.623. The van der Waals surface area contributed by atoms with Gasteiger partial charge in [-0.15, -0.1) is 0 Å². The van der Waals surface area contributed by atoms with E-state index in [4.69, 9.17) is 9.47 Å². The summed E-state index contributed by atoms with van der Waals surface area (Å²) in [4.78, 5) is 2.14. The van der Waals surface area contributed by atoms with Gasteiger partial charge in [-0.25, -0.2) is 4.39 Å². The summed E-state index contributed by atoms with van der Waals surface area (Å²) in [6.45, 7) is 4.78. The number of halogens is 1. The van der Waals surface area contributed by atoms with E-state index in [0.717, 1.165) is 29.8 Å². The van der Waals surface area contributed by atoms with E-state index in [-0.39, 0.29) is 12.4 Å². The predicted molar refractivity (Wildman–Crippen MR) is 101 cm³/mol. The Morgan fingerprint density at radius 2 is 1.85 bits per heavy atom. The molecule has 0 radical (unpaired) electrons. The normalized spacial score (nSPS) is 12.3. The average Bonchev–Trinajstić information content (AvgIpc) is 2.63. The van der Waals surface area contributed by atoms with Crippen LogP contribution in [0.5, 0.6) is 5.75 Å². The standard InChI is InChI=1S/C21H28FNO3/c1-17-6-3-4-7-21(17)26-16-20(24)15-23(12-5-13-25-2)14-18-8-10-19(22)11-9-18/h3-4,6-11,20,24H,5,12-16H2,1-2H3/t20-/m0/s1. The highest BCUT2D eigenvalue weighted by molar-refractivity contribution is 5.31. The topological polar surface area (TPSA) is 41.9 Å². The SMILES string of the molecule is COCCCN(Cc1ccc(F)cc1)C[C@H](O)COc1ccccc1C. The van der Waals surface area contributed by atoms with Gasteiger partial charge in [0.15, 0.2) is 0 Å². The minimum absolute atomic E-state index is 0.231. The maximum atomic E-state index is 13.1. The third-order valence-corrected chi connectivity index (χ3v) is 4.14. The third-order valence-electron chi connectivity index (χ3n) is 4.14. The molecule has 4 nitrogen and oxygen atoms in total. The Morgan fingerprint density at radius 3 is 2.54 bits per heavy atom. The van der Waals surface area contributed by atoms with Gasteiger partial charge in [-0.1, -0.05) is 30.3 Å². The first kappa shape index (κ1) is 20.4. The Morgan fingerprint density at radius 1 is 1.12 bits per heavy atom. The summed E-state index contributed by atoms with van der Waals surface area (Å²) < 4.78 is 23.9.